The quantitative estimate of drug-likeness (QED) is 0.449. The topological polar surface area (TPSA) is 81.3 Å². The maximum atomic E-state index is 12.9. The van der Waals surface area contributed by atoms with Crippen molar-refractivity contribution < 1.29 is 23.5 Å². The van der Waals surface area contributed by atoms with Gasteiger partial charge in [0.15, 0.2) is 6.61 Å². The number of halogens is 1. The van der Waals surface area contributed by atoms with E-state index in [0.29, 0.717) is 12.2 Å². The zero-order chi connectivity index (χ0) is 22.5. The van der Waals surface area contributed by atoms with Gasteiger partial charge in [-0.05, 0) is 59.7 Å². The van der Waals surface area contributed by atoms with Gasteiger partial charge < -0.3 is 13.9 Å². The summed E-state index contributed by atoms with van der Waals surface area (Å²) in [5, 5.41) is 5.86. The molecule has 2 aromatic carbocycles. The first-order chi connectivity index (χ1) is 15.5. The first-order valence-electron chi connectivity index (χ1n) is 10.0. The molecule has 0 fully saturated rings. The van der Waals surface area contributed by atoms with E-state index < -0.39 is 24.5 Å². The van der Waals surface area contributed by atoms with Crippen LogP contribution >= 0.6 is 15.9 Å². The van der Waals surface area contributed by atoms with E-state index in [2.05, 4.69) is 21.0 Å². The van der Waals surface area contributed by atoms with Gasteiger partial charge in [0.05, 0.1) is 25.5 Å². The Kier molecular flexibility index (Phi) is 6.70. The van der Waals surface area contributed by atoms with E-state index in [0.717, 1.165) is 27.1 Å². The van der Waals surface area contributed by atoms with Crippen molar-refractivity contribution in [3.63, 3.8) is 0 Å². The average molecular weight is 497 g/mol. The second kappa shape index (κ2) is 9.82. The predicted molar refractivity (Wildman–Crippen MR) is 121 cm³/mol. The van der Waals surface area contributed by atoms with Gasteiger partial charge in [-0.2, -0.15) is 5.10 Å². The van der Waals surface area contributed by atoms with E-state index in [1.54, 1.807) is 25.5 Å². The molecule has 0 bridgehead atoms. The van der Waals surface area contributed by atoms with E-state index in [-0.39, 0.29) is 6.42 Å². The molecule has 7 nitrogen and oxygen atoms in total. The highest BCUT2D eigenvalue weighted by atomic mass is 79.9. The largest absolute Gasteiger partial charge is 0.497 e. The van der Waals surface area contributed by atoms with Gasteiger partial charge in [0, 0.05) is 10.9 Å². The molecule has 0 aliphatic carbocycles. The van der Waals surface area contributed by atoms with Gasteiger partial charge in [-0.3, -0.25) is 9.59 Å². The van der Waals surface area contributed by atoms with Crippen LogP contribution in [0, 0.1) is 0 Å². The molecule has 2 heterocycles. The Morgan fingerprint density at radius 1 is 1.12 bits per heavy atom. The van der Waals surface area contributed by atoms with E-state index in [1.807, 2.05) is 48.5 Å². The summed E-state index contributed by atoms with van der Waals surface area (Å²) in [6.45, 7) is -0.397. The van der Waals surface area contributed by atoms with Crippen LogP contribution in [0.3, 0.4) is 0 Å². The van der Waals surface area contributed by atoms with Gasteiger partial charge in [-0.25, -0.2) is 5.01 Å². The first kappa shape index (κ1) is 21.8. The maximum Gasteiger partial charge on any atom is 0.310 e. The Morgan fingerprint density at radius 3 is 2.53 bits per heavy atom. The smallest absolute Gasteiger partial charge is 0.310 e. The second-order valence-corrected chi connectivity index (χ2v) is 8.13. The van der Waals surface area contributed by atoms with Crippen LogP contribution in [0.2, 0.25) is 0 Å². The Hall–Kier alpha value is -3.39. The number of carbonyl (C=O) groups excluding carboxylic acids is 2. The molecule has 0 spiro atoms. The Labute approximate surface area is 193 Å². The van der Waals surface area contributed by atoms with Crippen LogP contribution in [0.4, 0.5) is 0 Å². The van der Waals surface area contributed by atoms with Gasteiger partial charge in [0.25, 0.3) is 5.91 Å². The third kappa shape index (κ3) is 5.08. The van der Waals surface area contributed by atoms with Crippen molar-refractivity contribution in [2.45, 2.75) is 18.9 Å². The Morgan fingerprint density at radius 2 is 1.88 bits per heavy atom. The number of rotatable bonds is 7. The van der Waals surface area contributed by atoms with Gasteiger partial charge in [0.1, 0.15) is 17.6 Å². The normalized spacial score (nSPS) is 15.4. The summed E-state index contributed by atoms with van der Waals surface area (Å²) < 4.78 is 16.9. The molecule has 3 aromatic rings. The summed E-state index contributed by atoms with van der Waals surface area (Å²) in [5.41, 5.74) is 2.42. The highest BCUT2D eigenvalue weighted by molar-refractivity contribution is 9.10. The fraction of sp³-hybridized carbons (Fsp3) is 0.208. The number of carbonyl (C=O) groups is 2. The number of amides is 1. The summed E-state index contributed by atoms with van der Waals surface area (Å²) >= 11 is 3.36. The third-order valence-corrected chi connectivity index (χ3v) is 5.61. The molecule has 1 aliphatic heterocycles. The second-order valence-electron chi connectivity index (χ2n) is 7.21. The summed E-state index contributed by atoms with van der Waals surface area (Å²) in [4.78, 5) is 25.1. The number of nitrogens with zero attached hydrogens (tertiary/aromatic N) is 2. The lowest BCUT2D eigenvalue weighted by molar-refractivity contribution is -0.152. The number of hydrogen-bond acceptors (Lipinski definition) is 6. The fourth-order valence-electron chi connectivity index (χ4n) is 3.43. The minimum atomic E-state index is -0.478. The Balaban J connectivity index is 1.45. The maximum absolute atomic E-state index is 12.9. The molecule has 0 N–H and O–H groups in total. The summed E-state index contributed by atoms with van der Waals surface area (Å²) in [6.07, 6.45) is 2.13. The lowest BCUT2D eigenvalue weighted by Crippen LogP contribution is -2.31. The molecule has 1 aliphatic rings. The van der Waals surface area contributed by atoms with Crippen LogP contribution in [-0.2, 0) is 20.7 Å². The van der Waals surface area contributed by atoms with Crippen LogP contribution in [0.15, 0.2) is 80.9 Å². The minimum absolute atomic E-state index is 0.0859. The molecule has 4 rings (SSSR count). The van der Waals surface area contributed by atoms with Crippen molar-refractivity contribution in [3.05, 3.63) is 88.3 Å². The van der Waals surface area contributed by atoms with Crippen molar-refractivity contribution in [3.8, 4) is 5.75 Å². The molecule has 1 unspecified atom stereocenters. The molecule has 1 amide bonds. The van der Waals surface area contributed by atoms with Crippen molar-refractivity contribution in [1.82, 2.24) is 5.01 Å². The van der Waals surface area contributed by atoms with Crippen LogP contribution in [0.1, 0.15) is 29.3 Å². The van der Waals surface area contributed by atoms with Crippen molar-refractivity contribution in [1.29, 1.82) is 0 Å². The highest BCUT2D eigenvalue weighted by Gasteiger charge is 2.35. The average Bonchev–Trinajstić information content (AvgIpc) is 3.49. The molecule has 32 heavy (non-hydrogen) atoms. The minimum Gasteiger partial charge on any atom is -0.497 e. The molecule has 0 radical (unpaired) electrons. The zero-order valence-electron chi connectivity index (χ0n) is 17.4. The van der Waals surface area contributed by atoms with Gasteiger partial charge in [-0.15, -0.1) is 0 Å². The number of hydrogen-bond donors (Lipinski definition) is 0. The molecule has 1 aromatic heterocycles. The van der Waals surface area contributed by atoms with Crippen LogP contribution in [0.5, 0.6) is 5.75 Å². The monoisotopic (exact) mass is 496 g/mol. The summed E-state index contributed by atoms with van der Waals surface area (Å²) in [5.74, 6) is 0.459. The van der Waals surface area contributed by atoms with Crippen LogP contribution in [0.25, 0.3) is 0 Å². The number of hydrazone groups is 1. The van der Waals surface area contributed by atoms with Crippen molar-refractivity contribution >= 4 is 33.5 Å². The predicted octanol–water partition coefficient (Wildman–Crippen LogP) is 4.51. The first-order valence-corrected chi connectivity index (χ1v) is 10.8. The van der Waals surface area contributed by atoms with Crippen LogP contribution in [-0.4, -0.2) is 36.3 Å². The number of ether oxygens (including phenoxy) is 2. The van der Waals surface area contributed by atoms with Crippen molar-refractivity contribution in [2.24, 2.45) is 5.10 Å². The molecule has 1 atom stereocenters. The Bertz CT molecular complexity index is 1110. The van der Waals surface area contributed by atoms with Gasteiger partial charge in [-0.1, -0.05) is 28.1 Å². The van der Waals surface area contributed by atoms with E-state index in [1.165, 1.54) is 5.01 Å². The molecule has 0 saturated carbocycles. The van der Waals surface area contributed by atoms with Gasteiger partial charge >= 0.3 is 5.97 Å². The molecule has 164 valence electrons. The standard InChI is InChI=1S/C24H21BrN2O5/c1-30-19-10-6-17(7-11-19)20-14-21(22-3-2-12-31-22)27(26-20)23(28)15-32-24(29)13-16-4-8-18(25)9-5-16/h2-12,21H,13-15H2,1H3. The van der Waals surface area contributed by atoms with Crippen molar-refractivity contribution in [2.75, 3.05) is 13.7 Å². The summed E-state index contributed by atoms with van der Waals surface area (Å²) in [6, 6.07) is 18.0. The lowest BCUT2D eigenvalue weighted by atomic mass is 10.0. The molecular weight excluding hydrogens is 476 g/mol. The third-order valence-electron chi connectivity index (χ3n) is 5.08. The zero-order valence-corrected chi connectivity index (χ0v) is 18.9. The number of esters is 1. The number of benzene rings is 2. The van der Waals surface area contributed by atoms with Gasteiger partial charge in [0.2, 0.25) is 0 Å². The molecular formula is C24H21BrN2O5. The molecule has 8 heteroatoms. The SMILES string of the molecule is COc1ccc(C2=NN(C(=O)COC(=O)Cc3ccc(Br)cc3)C(c3ccco3)C2)cc1. The number of furan rings is 1. The lowest BCUT2D eigenvalue weighted by Gasteiger charge is -2.19. The van der Waals surface area contributed by atoms with E-state index in [4.69, 9.17) is 13.9 Å². The van der Waals surface area contributed by atoms with Crippen LogP contribution < -0.4 is 4.74 Å². The van der Waals surface area contributed by atoms with E-state index in [9.17, 15) is 9.59 Å². The fourth-order valence-corrected chi connectivity index (χ4v) is 3.69. The molecule has 0 saturated heterocycles. The highest BCUT2D eigenvalue weighted by Crippen LogP contribution is 2.33. The summed E-state index contributed by atoms with van der Waals surface area (Å²) in [7, 11) is 1.60. The van der Waals surface area contributed by atoms with E-state index >= 15 is 0 Å². The number of methoxy groups -OCH3 is 1.